The van der Waals surface area contributed by atoms with E-state index in [4.69, 9.17) is 0 Å². The van der Waals surface area contributed by atoms with Crippen LogP contribution in [-0.2, 0) is 19.8 Å². The molecule has 0 radical (unpaired) electrons. The summed E-state index contributed by atoms with van der Waals surface area (Å²) in [7, 11) is 1.19. The van der Waals surface area contributed by atoms with Crippen molar-refractivity contribution in [3.05, 3.63) is 58.3 Å². The van der Waals surface area contributed by atoms with Crippen LogP contribution in [0.3, 0.4) is 0 Å². The van der Waals surface area contributed by atoms with Crippen molar-refractivity contribution in [3.63, 3.8) is 0 Å². The third-order valence-electron chi connectivity index (χ3n) is 3.24. The van der Waals surface area contributed by atoms with E-state index in [0.29, 0.717) is 5.69 Å². The van der Waals surface area contributed by atoms with Crippen LogP contribution < -0.4 is 5.69 Å². The van der Waals surface area contributed by atoms with Crippen LogP contribution in [0.2, 0.25) is 0 Å². The average molecular weight is 324 g/mol. The van der Waals surface area contributed by atoms with Gasteiger partial charge >= 0.3 is 11.9 Å². The Morgan fingerprint density at radius 1 is 1.13 bits per heavy atom. The van der Waals surface area contributed by atoms with Crippen molar-refractivity contribution in [2.45, 2.75) is 12.7 Å². The molecule has 0 aliphatic carbocycles. The Hall–Kier alpha value is -2.91. The zero-order valence-electron chi connectivity index (χ0n) is 11.9. The van der Waals surface area contributed by atoms with Crippen molar-refractivity contribution in [2.24, 2.45) is 7.05 Å². The molecule has 7 nitrogen and oxygen atoms in total. The van der Waals surface area contributed by atoms with E-state index in [1.807, 2.05) is 0 Å². The van der Waals surface area contributed by atoms with Crippen LogP contribution in [0.4, 0.5) is 13.2 Å². The van der Waals surface area contributed by atoms with Crippen molar-refractivity contribution < 1.29 is 13.2 Å². The molecule has 0 spiro atoms. The fourth-order valence-corrected chi connectivity index (χ4v) is 2.23. The number of nitrogens with zero attached hydrogens (tertiary/aromatic N) is 6. The van der Waals surface area contributed by atoms with Gasteiger partial charge in [0.05, 0.1) is 18.4 Å². The Balaban J connectivity index is 1.98. The Morgan fingerprint density at radius 3 is 2.48 bits per heavy atom. The molecule has 3 rings (SSSR count). The number of rotatable bonds is 3. The van der Waals surface area contributed by atoms with Gasteiger partial charge in [-0.3, -0.25) is 4.68 Å². The summed E-state index contributed by atoms with van der Waals surface area (Å²) in [5.41, 5.74) is -1.22. The topological polar surface area (TPSA) is 70.5 Å². The van der Waals surface area contributed by atoms with Crippen LogP contribution in [0, 0.1) is 0 Å². The number of hydrogen-bond donors (Lipinski definition) is 0. The molecule has 0 saturated carbocycles. The van der Waals surface area contributed by atoms with Crippen LogP contribution in [0.1, 0.15) is 11.3 Å². The molecule has 0 aliphatic rings. The lowest BCUT2D eigenvalue weighted by atomic mass is 10.2. The molecule has 10 heteroatoms. The summed E-state index contributed by atoms with van der Waals surface area (Å²) in [6.07, 6.45) is -3.50. The first kappa shape index (κ1) is 15.0. The minimum Gasteiger partial charge on any atom is -0.263 e. The first-order valence-electron chi connectivity index (χ1n) is 6.54. The van der Waals surface area contributed by atoms with Crippen molar-refractivity contribution in [2.75, 3.05) is 0 Å². The molecule has 23 heavy (non-hydrogen) atoms. The van der Waals surface area contributed by atoms with Gasteiger partial charge in [-0.15, -0.1) is 0 Å². The number of tetrazole rings is 1. The Labute approximate surface area is 127 Å². The molecular formula is C13H11F3N6O. The summed E-state index contributed by atoms with van der Waals surface area (Å²) in [5.74, 6) is 0. The fraction of sp³-hybridized carbons (Fsp3) is 0.231. The van der Waals surface area contributed by atoms with Crippen LogP contribution in [0.15, 0.2) is 41.3 Å². The maximum Gasteiger partial charge on any atom is 0.433 e. The van der Waals surface area contributed by atoms with Gasteiger partial charge in [0.2, 0.25) is 0 Å². The predicted octanol–water partition coefficient (Wildman–Crippen LogP) is 1.23. The minimum atomic E-state index is -4.57. The highest BCUT2D eigenvalue weighted by atomic mass is 19.4. The molecule has 1 aromatic carbocycles. The maximum atomic E-state index is 13.0. The molecule has 120 valence electrons. The van der Waals surface area contributed by atoms with Crippen LogP contribution in [0.25, 0.3) is 5.69 Å². The van der Waals surface area contributed by atoms with E-state index in [0.717, 1.165) is 20.2 Å². The third kappa shape index (κ3) is 2.74. The van der Waals surface area contributed by atoms with E-state index in [1.54, 1.807) is 30.3 Å². The molecule has 0 saturated heterocycles. The summed E-state index contributed by atoms with van der Waals surface area (Å²) in [6, 6.07) is 8.48. The van der Waals surface area contributed by atoms with E-state index >= 15 is 0 Å². The SMILES string of the molecule is Cn1ncc(Cn2nnn(-c3ccccc3)c2=O)c1C(F)(F)F. The second-order valence-corrected chi connectivity index (χ2v) is 4.81. The van der Waals surface area contributed by atoms with Crippen LogP contribution in [-0.4, -0.2) is 29.6 Å². The molecule has 2 heterocycles. The van der Waals surface area contributed by atoms with Crippen molar-refractivity contribution in [1.82, 2.24) is 29.6 Å². The minimum absolute atomic E-state index is 0.151. The van der Waals surface area contributed by atoms with Gasteiger partial charge in [0.1, 0.15) is 5.69 Å². The van der Waals surface area contributed by atoms with E-state index in [9.17, 15) is 18.0 Å². The highest BCUT2D eigenvalue weighted by Gasteiger charge is 2.37. The van der Waals surface area contributed by atoms with Gasteiger partial charge in [0, 0.05) is 12.6 Å². The van der Waals surface area contributed by atoms with Gasteiger partial charge in [-0.2, -0.15) is 27.6 Å². The van der Waals surface area contributed by atoms with Crippen molar-refractivity contribution in [1.29, 1.82) is 0 Å². The first-order chi connectivity index (χ1) is 10.9. The standard InChI is InChI=1S/C13H11F3N6O/c1-20-11(13(14,15)16)9(7-17-20)8-21-12(23)22(19-18-21)10-5-3-2-4-6-10/h2-7H,8H2,1H3. The molecule has 0 N–H and O–H groups in total. The zero-order chi connectivity index (χ0) is 16.6. The number of aryl methyl sites for hydroxylation is 1. The van der Waals surface area contributed by atoms with Gasteiger partial charge in [-0.05, 0) is 22.6 Å². The average Bonchev–Trinajstić information content (AvgIpc) is 3.04. The van der Waals surface area contributed by atoms with Crippen molar-refractivity contribution in [3.8, 4) is 5.69 Å². The van der Waals surface area contributed by atoms with Crippen LogP contribution >= 0.6 is 0 Å². The second kappa shape index (κ2) is 5.38. The van der Waals surface area contributed by atoms with E-state index < -0.39 is 17.6 Å². The molecule has 0 fully saturated rings. The molecule has 0 atom stereocenters. The summed E-state index contributed by atoms with van der Waals surface area (Å²) in [4.78, 5) is 12.2. The summed E-state index contributed by atoms with van der Waals surface area (Å²) >= 11 is 0. The Kier molecular flexibility index (Phi) is 3.51. The zero-order valence-corrected chi connectivity index (χ0v) is 11.9. The van der Waals surface area contributed by atoms with Gasteiger partial charge in [-0.25, -0.2) is 4.79 Å². The number of benzene rings is 1. The fourth-order valence-electron chi connectivity index (χ4n) is 2.23. The van der Waals surface area contributed by atoms with Gasteiger partial charge in [-0.1, -0.05) is 18.2 Å². The summed E-state index contributed by atoms with van der Waals surface area (Å²) < 4.78 is 41.7. The van der Waals surface area contributed by atoms with E-state index in [-0.39, 0.29) is 12.1 Å². The number of para-hydroxylation sites is 1. The molecule has 0 amide bonds. The summed E-state index contributed by atoms with van der Waals surface area (Å²) in [5, 5.41) is 10.9. The molecule has 0 unspecified atom stereocenters. The van der Waals surface area contributed by atoms with E-state index in [2.05, 4.69) is 15.5 Å². The normalized spacial score (nSPS) is 11.8. The molecule has 3 aromatic rings. The summed E-state index contributed by atoms with van der Waals surface area (Å²) in [6.45, 7) is -0.367. The Bertz CT molecular complexity index is 877. The van der Waals surface area contributed by atoms with Crippen molar-refractivity contribution >= 4 is 0 Å². The maximum absolute atomic E-state index is 13.0. The number of halogens is 3. The highest BCUT2D eigenvalue weighted by molar-refractivity contribution is 5.29. The molecule has 0 aliphatic heterocycles. The third-order valence-corrected chi connectivity index (χ3v) is 3.24. The lowest BCUT2D eigenvalue weighted by molar-refractivity contribution is -0.144. The first-order valence-corrected chi connectivity index (χ1v) is 6.54. The largest absolute Gasteiger partial charge is 0.433 e. The Morgan fingerprint density at radius 2 is 1.83 bits per heavy atom. The lowest BCUT2D eigenvalue weighted by Crippen LogP contribution is -2.25. The number of aromatic nitrogens is 6. The highest BCUT2D eigenvalue weighted by Crippen LogP contribution is 2.31. The second-order valence-electron chi connectivity index (χ2n) is 4.81. The number of alkyl halides is 3. The van der Waals surface area contributed by atoms with Gasteiger partial charge in [0.15, 0.2) is 0 Å². The molecule has 2 aromatic heterocycles. The van der Waals surface area contributed by atoms with Gasteiger partial charge < -0.3 is 0 Å². The molecular weight excluding hydrogens is 313 g/mol. The van der Waals surface area contributed by atoms with Gasteiger partial charge in [0.25, 0.3) is 0 Å². The monoisotopic (exact) mass is 324 g/mol. The van der Waals surface area contributed by atoms with E-state index in [1.165, 1.54) is 7.05 Å². The lowest BCUT2D eigenvalue weighted by Gasteiger charge is -2.09. The quantitative estimate of drug-likeness (QED) is 0.726. The predicted molar refractivity (Wildman–Crippen MR) is 72.9 cm³/mol. The van der Waals surface area contributed by atoms with Crippen LogP contribution in [0.5, 0.6) is 0 Å². The number of hydrogen-bond acceptors (Lipinski definition) is 4. The smallest absolute Gasteiger partial charge is 0.263 e. The molecule has 0 bridgehead atoms.